The highest BCUT2D eigenvalue weighted by Crippen LogP contribution is 2.37. The molecule has 0 bridgehead atoms. The summed E-state index contributed by atoms with van der Waals surface area (Å²) in [6, 6.07) is 9.33. The molecule has 0 aliphatic carbocycles. The maximum Gasteiger partial charge on any atom is 0.257 e. The molecule has 26 heavy (non-hydrogen) atoms. The third-order valence-corrected chi connectivity index (χ3v) is 4.33. The second-order valence-corrected chi connectivity index (χ2v) is 5.93. The quantitative estimate of drug-likeness (QED) is 0.584. The van der Waals surface area contributed by atoms with Crippen molar-refractivity contribution in [1.29, 1.82) is 0 Å². The normalized spacial score (nSPS) is 11.0. The summed E-state index contributed by atoms with van der Waals surface area (Å²) in [5.41, 5.74) is 3.55. The van der Waals surface area contributed by atoms with Crippen LogP contribution in [0.3, 0.4) is 0 Å². The third-order valence-electron chi connectivity index (χ3n) is 4.33. The molecule has 0 spiro atoms. The highest BCUT2D eigenvalue weighted by molar-refractivity contribution is 6.16. The molecular formula is C20H18N4O2. The van der Waals surface area contributed by atoms with Crippen LogP contribution in [0.4, 0.5) is 5.69 Å². The van der Waals surface area contributed by atoms with E-state index in [1.807, 2.05) is 32.0 Å². The van der Waals surface area contributed by atoms with E-state index in [9.17, 15) is 4.79 Å². The van der Waals surface area contributed by atoms with Crippen molar-refractivity contribution < 1.29 is 9.53 Å². The van der Waals surface area contributed by atoms with E-state index in [0.29, 0.717) is 29.3 Å². The third kappa shape index (κ3) is 2.65. The molecule has 1 amide bonds. The van der Waals surface area contributed by atoms with E-state index in [2.05, 4.69) is 20.3 Å². The molecule has 0 fully saturated rings. The number of aromatic nitrogens is 3. The van der Waals surface area contributed by atoms with Crippen LogP contribution in [0.5, 0.6) is 5.75 Å². The summed E-state index contributed by atoms with van der Waals surface area (Å²) < 4.78 is 5.74. The number of amides is 1. The number of anilines is 1. The second-order valence-electron chi connectivity index (χ2n) is 5.93. The Labute approximate surface area is 150 Å². The lowest BCUT2D eigenvalue weighted by Gasteiger charge is -2.13. The summed E-state index contributed by atoms with van der Waals surface area (Å²) in [4.78, 5) is 24.5. The zero-order valence-corrected chi connectivity index (χ0v) is 14.5. The molecule has 0 aliphatic rings. The zero-order chi connectivity index (χ0) is 18.1. The van der Waals surface area contributed by atoms with Gasteiger partial charge in [-0.2, -0.15) is 0 Å². The number of H-pyrrole nitrogens is 1. The van der Waals surface area contributed by atoms with E-state index >= 15 is 0 Å². The lowest BCUT2D eigenvalue weighted by Crippen LogP contribution is -2.15. The minimum Gasteiger partial charge on any atom is -0.492 e. The fraction of sp³-hybridized carbons (Fsp3) is 0.150. The monoisotopic (exact) mass is 346 g/mol. The van der Waals surface area contributed by atoms with Gasteiger partial charge in [0.05, 0.1) is 29.4 Å². The van der Waals surface area contributed by atoms with Crippen molar-refractivity contribution in [1.82, 2.24) is 15.0 Å². The van der Waals surface area contributed by atoms with Crippen molar-refractivity contribution in [2.45, 2.75) is 13.8 Å². The summed E-state index contributed by atoms with van der Waals surface area (Å²) in [7, 11) is 0. The molecule has 0 unspecified atom stereocenters. The molecule has 3 aromatic heterocycles. The number of fused-ring (bicyclic) bond motifs is 3. The number of hydrogen-bond acceptors (Lipinski definition) is 4. The number of nitrogens with zero attached hydrogens (tertiary/aromatic N) is 2. The molecule has 0 saturated heterocycles. The van der Waals surface area contributed by atoms with E-state index in [4.69, 9.17) is 4.74 Å². The Morgan fingerprint density at radius 3 is 2.88 bits per heavy atom. The van der Waals surface area contributed by atoms with Gasteiger partial charge in [-0.25, -0.2) is 0 Å². The zero-order valence-electron chi connectivity index (χ0n) is 14.5. The smallest absolute Gasteiger partial charge is 0.257 e. The number of pyridine rings is 2. The Morgan fingerprint density at radius 2 is 2.08 bits per heavy atom. The Kier molecular flexibility index (Phi) is 4.01. The van der Waals surface area contributed by atoms with Crippen LogP contribution in [0.15, 0.2) is 48.9 Å². The summed E-state index contributed by atoms with van der Waals surface area (Å²) in [6.45, 7) is 4.23. The minimum absolute atomic E-state index is 0.221. The van der Waals surface area contributed by atoms with Gasteiger partial charge >= 0.3 is 0 Å². The van der Waals surface area contributed by atoms with Crippen molar-refractivity contribution in [3.63, 3.8) is 0 Å². The van der Waals surface area contributed by atoms with Gasteiger partial charge in [0.15, 0.2) is 0 Å². The average molecular weight is 346 g/mol. The number of hydrogen-bond donors (Lipinski definition) is 2. The number of carbonyl (C=O) groups is 1. The van der Waals surface area contributed by atoms with Crippen LogP contribution < -0.4 is 10.1 Å². The van der Waals surface area contributed by atoms with Crippen molar-refractivity contribution in [2.24, 2.45) is 0 Å². The first-order valence-corrected chi connectivity index (χ1v) is 8.43. The van der Waals surface area contributed by atoms with Crippen LogP contribution in [-0.4, -0.2) is 27.5 Å². The van der Waals surface area contributed by atoms with E-state index < -0.39 is 0 Å². The van der Waals surface area contributed by atoms with Gasteiger partial charge in [-0.1, -0.05) is 0 Å². The van der Waals surface area contributed by atoms with Crippen molar-refractivity contribution in [2.75, 3.05) is 11.9 Å². The summed E-state index contributed by atoms with van der Waals surface area (Å²) in [5.74, 6) is 0.398. The van der Waals surface area contributed by atoms with Crippen LogP contribution in [0.2, 0.25) is 0 Å². The van der Waals surface area contributed by atoms with Gasteiger partial charge in [0.2, 0.25) is 0 Å². The Morgan fingerprint density at radius 1 is 1.19 bits per heavy atom. The van der Waals surface area contributed by atoms with Gasteiger partial charge in [-0.3, -0.25) is 14.8 Å². The Balaban J connectivity index is 1.87. The molecule has 0 saturated carbocycles. The van der Waals surface area contributed by atoms with Gasteiger partial charge in [0.1, 0.15) is 11.4 Å². The standard InChI is InChI=1S/C20H18N4O2/c1-3-26-17-7-6-15-14-8-10-21-11-16(14)23-18(15)19(17)24-20(25)13-5-4-9-22-12(13)2/h4-11,23H,3H2,1-2H3,(H,24,25). The van der Waals surface area contributed by atoms with E-state index in [1.165, 1.54) is 0 Å². The lowest BCUT2D eigenvalue weighted by molar-refractivity contribution is 0.102. The molecule has 0 radical (unpaired) electrons. The largest absolute Gasteiger partial charge is 0.492 e. The fourth-order valence-corrected chi connectivity index (χ4v) is 3.11. The van der Waals surface area contributed by atoms with Gasteiger partial charge in [0, 0.05) is 28.9 Å². The number of aromatic amines is 1. The van der Waals surface area contributed by atoms with Crippen molar-refractivity contribution >= 4 is 33.4 Å². The van der Waals surface area contributed by atoms with Crippen LogP contribution in [0.25, 0.3) is 21.8 Å². The number of rotatable bonds is 4. The average Bonchev–Trinajstić information content (AvgIpc) is 3.03. The molecule has 3 heterocycles. The summed E-state index contributed by atoms with van der Waals surface area (Å²) in [6.07, 6.45) is 5.19. The highest BCUT2D eigenvalue weighted by atomic mass is 16.5. The molecule has 0 atom stereocenters. The summed E-state index contributed by atoms with van der Waals surface area (Å²) >= 11 is 0. The number of aryl methyl sites for hydroxylation is 1. The molecule has 4 aromatic rings. The first-order chi connectivity index (χ1) is 12.7. The molecule has 6 heteroatoms. The molecule has 4 rings (SSSR count). The van der Waals surface area contributed by atoms with Gasteiger partial charge in [-0.15, -0.1) is 0 Å². The lowest BCUT2D eigenvalue weighted by atomic mass is 10.1. The molecule has 1 aromatic carbocycles. The minimum atomic E-state index is -0.221. The molecule has 0 aliphatic heterocycles. The van der Waals surface area contributed by atoms with Gasteiger partial charge in [0.25, 0.3) is 5.91 Å². The SMILES string of the molecule is CCOc1ccc2c([nH]c3cnccc32)c1NC(=O)c1cccnc1C. The van der Waals surface area contributed by atoms with Crippen LogP contribution in [0.1, 0.15) is 23.0 Å². The predicted octanol–water partition coefficient (Wildman–Crippen LogP) is 4.07. The van der Waals surface area contributed by atoms with E-state index in [0.717, 1.165) is 21.8 Å². The number of carbonyl (C=O) groups excluding carboxylic acids is 1. The number of nitrogens with one attached hydrogen (secondary N) is 2. The summed E-state index contributed by atoms with van der Waals surface area (Å²) in [5, 5.41) is 5.05. The van der Waals surface area contributed by atoms with E-state index in [1.54, 1.807) is 30.7 Å². The maximum atomic E-state index is 12.8. The number of ether oxygens (including phenoxy) is 1. The molecule has 6 nitrogen and oxygen atoms in total. The maximum absolute atomic E-state index is 12.8. The van der Waals surface area contributed by atoms with Crippen LogP contribution in [-0.2, 0) is 0 Å². The first-order valence-electron chi connectivity index (χ1n) is 8.43. The van der Waals surface area contributed by atoms with Crippen LogP contribution in [0, 0.1) is 6.92 Å². The Hall–Kier alpha value is -3.41. The fourth-order valence-electron chi connectivity index (χ4n) is 3.11. The molecule has 130 valence electrons. The number of benzene rings is 1. The molecular weight excluding hydrogens is 328 g/mol. The van der Waals surface area contributed by atoms with Crippen LogP contribution >= 0.6 is 0 Å². The predicted molar refractivity (Wildman–Crippen MR) is 102 cm³/mol. The first kappa shape index (κ1) is 16.1. The van der Waals surface area contributed by atoms with E-state index in [-0.39, 0.29) is 5.91 Å². The molecule has 2 N–H and O–H groups in total. The topological polar surface area (TPSA) is 79.9 Å². The van der Waals surface area contributed by atoms with Gasteiger partial charge in [-0.05, 0) is 44.2 Å². The highest BCUT2D eigenvalue weighted by Gasteiger charge is 2.17. The van der Waals surface area contributed by atoms with Crippen molar-refractivity contribution in [3.8, 4) is 5.75 Å². The second kappa shape index (κ2) is 6.48. The van der Waals surface area contributed by atoms with Crippen molar-refractivity contribution in [3.05, 3.63) is 60.2 Å². The van der Waals surface area contributed by atoms with Gasteiger partial charge < -0.3 is 15.0 Å². The Bertz CT molecular complexity index is 1120.